The molecule has 2 aromatic carbocycles. The van der Waals surface area contributed by atoms with Crippen molar-refractivity contribution in [2.75, 3.05) is 7.11 Å². The molecular formula is C14H13N3O2. The van der Waals surface area contributed by atoms with E-state index in [2.05, 4.69) is 10.3 Å². The molecule has 0 radical (unpaired) electrons. The SMILES string of the molecule is COc1cccc(COn2nnc3ccccc32)c1. The Hall–Kier alpha value is -2.56. The maximum atomic E-state index is 5.63. The minimum Gasteiger partial charge on any atom is -0.497 e. The molecule has 1 aromatic heterocycles. The van der Waals surface area contributed by atoms with Crippen molar-refractivity contribution in [1.82, 2.24) is 15.2 Å². The molecule has 96 valence electrons. The van der Waals surface area contributed by atoms with Gasteiger partial charge in [-0.1, -0.05) is 29.1 Å². The quantitative estimate of drug-likeness (QED) is 0.716. The number of para-hydroxylation sites is 1. The van der Waals surface area contributed by atoms with E-state index in [1.165, 1.54) is 4.85 Å². The number of fused-ring (bicyclic) bond motifs is 1. The van der Waals surface area contributed by atoms with Gasteiger partial charge in [0.05, 0.1) is 7.11 Å². The van der Waals surface area contributed by atoms with Crippen molar-refractivity contribution in [2.45, 2.75) is 6.61 Å². The van der Waals surface area contributed by atoms with Gasteiger partial charge in [0.2, 0.25) is 0 Å². The van der Waals surface area contributed by atoms with Crippen molar-refractivity contribution in [3.05, 3.63) is 54.1 Å². The minimum atomic E-state index is 0.407. The Bertz CT molecular complexity index is 694. The van der Waals surface area contributed by atoms with E-state index in [1.807, 2.05) is 48.5 Å². The molecule has 0 N–H and O–H groups in total. The fraction of sp³-hybridized carbons (Fsp3) is 0.143. The molecule has 5 nitrogen and oxygen atoms in total. The first kappa shape index (κ1) is 11.5. The molecule has 0 atom stereocenters. The first-order chi connectivity index (χ1) is 9.36. The second kappa shape index (κ2) is 4.97. The lowest BCUT2D eigenvalue weighted by Gasteiger charge is -2.06. The zero-order valence-corrected chi connectivity index (χ0v) is 10.5. The second-order valence-electron chi connectivity index (χ2n) is 4.08. The van der Waals surface area contributed by atoms with Crippen LogP contribution in [0.15, 0.2) is 48.5 Å². The summed E-state index contributed by atoms with van der Waals surface area (Å²) in [4.78, 5) is 7.07. The van der Waals surface area contributed by atoms with Crippen molar-refractivity contribution in [3.8, 4) is 5.75 Å². The van der Waals surface area contributed by atoms with Gasteiger partial charge in [-0.25, -0.2) is 0 Å². The number of nitrogens with zero attached hydrogens (tertiary/aromatic N) is 3. The summed E-state index contributed by atoms with van der Waals surface area (Å²) < 4.78 is 5.17. The van der Waals surface area contributed by atoms with Gasteiger partial charge in [0, 0.05) is 0 Å². The summed E-state index contributed by atoms with van der Waals surface area (Å²) >= 11 is 0. The van der Waals surface area contributed by atoms with Crippen LogP contribution in [0.5, 0.6) is 5.75 Å². The maximum Gasteiger partial charge on any atom is 0.142 e. The third kappa shape index (κ3) is 2.35. The summed E-state index contributed by atoms with van der Waals surface area (Å²) in [6, 6.07) is 15.4. The number of benzene rings is 2. The Morgan fingerprint density at radius 3 is 2.89 bits per heavy atom. The summed E-state index contributed by atoms with van der Waals surface area (Å²) in [5.41, 5.74) is 2.68. The van der Waals surface area contributed by atoms with Crippen molar-refractivity contribution < 1.29 is 9.57 Å². The van der Waals surface area contributed by atoms with E-state index in [0.29, 0.717) is 6.61 Å². The van der Waals surface area contributed by atoms with Crippen LogP contribution in [0, 0.1) is 0 Å². The molecule has 0 aliphatic carbocycles. The summed E-state index contributed by atoms with van der Waals surface area (Å²) in [5.74, 6) is 0.810. The molecule has 0 fully saturated rings. The van der Waals surface area contributed by atoms with Gasteiger partial charge in [0.1, 0.15) is 23.4 Å². The van der Waals surface area contributed by atoms with Crippen LogP contribution >= 0.6 is 0 Å². The highest BCUT2D eigenvalue weighted by molar-refractivity contribution is 5.73. The number of hydrogen-bond acceptors (Lipinski definition) is 4. The zero-order chi connectivity index (χ0) is 13.1. The average Bonchev–Trinajstić information content (AvgIpc) is 2.89. The molecule has 0 saturated carbocycles. The van der Waals surface area contributed by atoms with Crippen LogP contribution in [0.1, 0.15) is 5.56 Å². The summed E-state index contributed by atoms with van der Waals surface area (Å²) in [6.07, 6.45) is 0. The van der Waals surface area contributed by atoms with E-state index < -0.39 is 0 Å². The topological polar surface area (TPSA) is 49.2 Å². The van der Waals surface area contributed by atoms with Gasteiger partial charge in [-0.05, 0) is 35.0 Å². The lowest BCUT2D eigenvalue weighted by molar-refractivity contribution is 0.0750. The molecule has 1 heterocycles. The van der Waals surface area contributed by atoms with Crippen LogP contribution in [0.2, 0.25) is 0 Å². The smallest absolute Gasteiger partial charge is 0.142 e. The van der Waals surface area contributed by atoms with E-state index >= 15 is 0 Å². The number of aromatic nitrogens is 3. The Labute approximate surface area is 110 Å². The second-order valence-corrected chi connectivity index (χ2v) is 4.08. The third-order valence-corrected chi connectivity index (χ3v) is 2.81. The molecule has 0 aliphatic rings. The van der Waals surface area contributed by atoms with Crippen LogP contribution in [0.4, 0.5) is 0 Å². The molecule has 0 spiro atoms. The number of ether oxygens (including phenoxy) is 1. The highest BCUT2D eigenvalue weighted by atomic mass is 16.7. The van der Waals surface area contributed by atoms with Crippen molar-refractivity contribution in [1.29, 1.82) is 0 Å². The van der Waals surface area contributed by atoms with Crippen LogP contribution in [-0.4, -0.2) is 22.3 Å². The standard InChI is InChI=1S/C14H13N3O2/c1-18-12-6-4-5-11(9-12)10-19-17-14-8-3-2-7-13(14)15-16-17/h2-9H,10H2,1H3. The first-order valence-corrected chi connectivity index (χ1v) is 5.93. The Balaban J connectivity index is 1.78. The molecule has 5 heteroatoms. The predicted molar refractivity (Wildman–Crippen MR) is 70.8 cm³/mol. The fourth-order valence-corrected chi connectivity index (χ4v) is 1.84. The van der Waals surface area contributed by atoms with Gasteiger partial charge in [0.25, 0.3) is 0 Å². The Morgan fingerprint density at radius 1 is 1.11 bits per heavy atom. The minimum absolute atomic E-state index is 0.407. The lowest BCUT2D eigenvalue weighted by atomic mass is 10.2. The molecule has 3 rings (SSSR count). The van der Waals surface area contributed by atoms with Crippen LogP contribution in [-0.2, 0) is 6.61 Å². The van der Waals surface area contributed by atoms with Gasteiger partial charge in [-0.15, -0.1) is 5.10 Å². The molecule has 0 bridgehead atoms. The monoisotopic (exact) mass is 255 g/mol. The van der Waals surface area contributed by atoms with E-state index in [0.717, 1.165) is 22.3 Å². The van der Waals surface area contributed by atoms with Crippen LogP contribution in [0.25, 0.3) is 11.0 Å². The predicted octanol–water partition coefficient (Wildman–Crippen LogP) is 2.07. The van der Waals surface area contributed by atoms with Crippen molar-refractivity contribution in [2.24, 2.45) is 0 Å². The van der Waals surface area contributed by atoms with E-state index in [9.17, 15) is 0 Å². The third-order valence-electron chi connectivity index (χ3n) is 2.81. The van der Waals surface area contributed by atoms with Gasteiger partial charge in [-0.2, -0.15) is 0 Å². The van der Waals surface area contributed by atoms with E-state index in [-0.39, 0.29) is 0 Å². The molecule has 0 saturated heterocycles. The van der Waals surface area contributed by atoms with Crippen LogP contribution < -0.4 is 9.57 Å². The lowest BCUT2D eigenvalue weighted by Crippen LogP contribution is -2.12. The van der Waals surface area contributed by atoms with Crippen molar-refractivity contribution >= 4 is 11.0 Å². The highest BCUT2D eigenvalue weighted by Gasteiger charge is 2.04. The highest BCUT2D eigenvalue weighted by Crippen LogP contribution is 2.13. The normalized spacial score (nSPS) is 10.6. The van der Waals surface area contributed by atoms with E-state index in [4.69, 9.17) is 9.57 Å². The molecule has 0 aliphatic heterocycles. The summed E-state index contributed by atoms with van der Waals surface area (Å²) in [6.45, 7) is 0.407. The Morgan fingerprint density at radius 2 is 2.00 bits per heavy atom. The first-order valence-electron chi connectivity index (χ1n) is 5.93. The van der Waals surface area contributed by atoms with Gasteiger partial charge < -0.3 is 9.57 Å². The fourth-order valence-electron chi connectivity index (χ4n) is 1.84. The van der Waals surface area contributed by atoms with E-state index in [1.54, 1.807) is 7.11 Å². The largest absolute Gasteiger partial charge is 0.497 e. The molecular weight excluding hydrogens is 242 g/mol. The van der Waals surface area contributed by atoms with Crippen molar-refractivity contribution in [3.63, 3.8) is 0 Å². The maximum absolute atomic E-state index is 5.63. The molecule has 0 amide bonds. The molecule has 3 aromatic rings. The van der Waals surface area contributed by atoms with Crippen LogP contribution in [0.3, 0.4) is 0 Å². The summed E-state index contributed by atoms with van der Waals surface area (Å²) in [7, 11) is 1.64. The number of methoxy groups -OCH3 is 1. The van der Waals surface area contributed by atoms with Gasteiger partial charge in [-0.3, -0.25) is 0 Å². The molecule has 19 heavy (non-hydrogen) atoms. The van der Waals surface area contributed by atoms with Gasteiger partial charge >= 0.3 is 0 Å². The Kier molecular flexibility index (Phi) is 3.02. The van der Waals surface area contributed by atoms with Gasteiger partial charge in [0.15, 0.2) is 0 Å². The number of rotatable bonds is 4. The average molecular weight is 255 g/mol. The zero-order valence-electron chi connectivity index (χ0n) is 10.5. The molecule has 0 unspecified atom stereocenters. The summed E-state index contributed by atoms with van der Waals surface area (Å²) in [5, 5.41) is 7.99. The number of hydrogen-bond donors (Lipinski definition) is 0.